The van der Waals surface area contributed by atoms with E-state index in [9.17, 15) is 4.39 Å². The molecule has 1 heterocycles. The van der Waals surface area contributed by atoms with Crippen LogP contribution in [0.3, 0.4) is 0 Å². The first kappa shape index (κ1) is 16.5. The Morgan fingerprint density at radius 2 is 1.75 bits per heavy atom. The van der Waals surface area contributed by atoms with Gasteiger partial charge in [-0.1, -0.05) is 23.2 Å². The molecule has 122 valence electrons. The normalized spacial score (nSPS) is 11.2. The maximum atomic E-state index is 13.0. The van der Waals surface area contributed by atoms with Gasteiger partial charge in [-0.2, -0.15) is 10.2 Å². The zero-order valence-corrected chi connectivity index (χ0v) is 14.2. The minimum Gasteiger partial charge on any atom is -0.279 e. The van der Waals surface area contributed by atoms with E-state index in [1.54, 1.807) is 35.2 Å². The third-order valence-electron chi connectivity index (χ3n) is 3.35. The topological polar surface area (TPSA) is 42.2 Å². The first-order valence-corrected chi connectivity index (χ1v) is 7.86. The van der Waals surface area contributed by atoms with Crippen molar-refractivity contribution in [1.29, 1.82) is 0 Å². The van der Waals surface area contributed by atoms with Crippen molar-refractivity contribution < 1.29 is 4.39 Å². The highest BCUT2D eigenvalue weighted by Gasteiger charge is 2.13. The molecule has 0 aliphatic rings. The molecule has 0 fully saturated rings. The van der Waals surface area contributed by atoms with Crippen molar-refractivity contribution in [3.8, 4) is 5.69 Å². The number of hydrogen-bond donors (Lipinski definition) is 1. The Bertz CT molecular complexity index is 871. The summed E-state index contributed by atoms with van der Waals surface area (Å²) in [6, 6.07) is 13.1. The fourth-order valence-electron chi connectivity index (χ4n) is 2.11. The maximum absolute atomic E-state index is 13.0. The number of aromatic nitrogens is 2. The van der Waals surface area contributed by atoms with Crippen LogP contribution in [-0.2, 0) is 0 Å². The molecular weight excluding hydrogens is 350 g/mol. The second-order valence-electron chi connectivity index (χ2n) is 5.06. The summed E-state index contributed by atoms with van der Waals surface area (Å²) < 4.78 is 14.6. The van der Waals surface area contributed by atoms with Gasteiger partial charge in [0.25, 0.3) is 0 Å². The number of nitrogens with one attached hydrogen (secondary N) is 1. The molecule has 0 bridgehead atoms. The van der Waals surface area contributed by atoms with Crippen LogP contribution in [0, 0.1) is 12.7 Å². The minimum absolute atomic E-state index is 0.312. The largest absolute Gasteiger partial charge is 0.279 e. The quantitative estimate of drug-likeness (QED) is 0.519. The molecule has 1 N–H and O–H groups in total. The van der Waals surface area contributed by atoms with Gasteiger partial charge in [0, 0.05) is 5.02 Å². The molecule has 0 unspecified atom stereocenters. The van der Waals surface area contributed by atoms with Gasteiger partial charge in [0.2, 0.25) is 0 Å². The smallest absolute Gasteiger partial charge is 0.142 e. The summed E-state index contributed by atoms with van der Waals surface area (Å²) in [6.45, 7) is 1.83. The van der Waals surface area contributed by atoms with Gasteiger partial charge in [0.15, 0.2) is 0 Å². The Morgan fingerprint density at radius 1 is 1.08 bits per heavy atom. The Kier molecular flexibility index (Phi) is 4.83. The number of aryl methyl sites for hydroxylation is 1. The third kappa shape index (κ3) is 3.58. The molecule has 2 aromatic carbocycles. The molecule has 3 rings (SSSR count). The lowest BCUT2D eigenvalue weighted by molar-refractivity contribution is 0.627. The van der Waals surface area contributed by atoms with Crippen LogP contribution in [0.4, 0.5) is 10.1 Å². The van der Waals surface area contributed by atoms with Crippen LogP contribution in [0.1, 0.15) is 11.3 Å². The van der Waals surface area contributed by atoms with Crippen molar-refractivity contribution in [1.82, 2.24) is 9.78 Å². The highest BCUT2D eigenvalue weighted by Crippen LogP contribution is 2.22. The summed E-state index contributed by atoms with van der Waals surface area (Å²) in [6.07, 6.45) is 1.60. The predicted octanol–water partition coefficient (Wildman–Crippen LogP) is 5.07. The first-order valence-electron chi connectivity index (χ1n) is 7.10. The highest BCUT2D eigenvalue weighted by molar-refractivity contribution is 6.32. The van der Waals surface area contributed by atoms with Gasteiger partial charge in [-0.05, 0) is 55.5 Å². The molecule has 3 aromatic rings. The van der Waals surface area contributed by atoms with Gasteiger partial charge < -0.3 is 0 Å². The SMILES string of the molecule is Cc1nn(-c2ccc(F)cc2)c(Cl)c1C=NNc1ccc(Cl)cc1. The van der Waals surface area contributed by atoms with E-state index in [4.69, 9.17) is 23.2 Å². The number of rotatable bonds is 4. The zero-order chi connectivity index (χ0) is 17.1. The van der Waals surface area contributed by atoms with Crippen molar-refractivity contribution in [2.45, 2.75) is 6.92 Å². The standard InChI is InChI=1S/C17H13Cl2FN4/c1-11-16(10-21-22-14-6-2-12(18)3-7-14)17(19)24(23-11)15-8-4-13(20)5-9-15/h2-10,22H,1H3. The Morgan fingerprint density at radius 3 is 2.42 bits per heavy atom. The van der Waals surface area contributed by atoms with E-state index in [-0.39, 0.29) is 5.82 Å². The number of anilines is 1. The number of nitrogens with zero attached hydrogens (tertiary/aromatic N) is 3. The molecule has 0 aliphatic carbocycles. The van der Waals surface area contributed by atoms with Gasteiger partial charge in [-0.15, -0.1) is 0 Å². The fraction of sp³-hybridized carbons (Fsp3) is 0.0588. The van der Waals surface area contributed by atoms with Crippen LogP contribution < -0.4 is 5.43 Å². The van der Waals surface area contributed by atoms with Crippen LogP contribution in [0.25, 0.3) is 5.69 Å². The number of hydrazone groups is 1. The number of halogens is 3. The molecule has 7 heteroatoms. The van der Waals surface area contributed by atoms with Gasteiger partial charge >= 0.3 is 0 Å². The lowest BCUT2D eigenvalue weighted by Gasteiger charge is -2.02. The third-order valence-corrected chi connectivity index (χ3v) is 3.97. The summed E-state index contributed by atoms with van der Waals surface area (Å²) >= 11 is 12.2. The molecule has 0 atom stereocenters. The van der Waals surface area contributed by atoms with Gasteiger partial charge in [0.1, 0.15) is 11.0 Å². The summed E-state index contributed by atoms with van der Waals surface area (Å²) in [5.41, 5.74) is 5.77. The van der Waals surface area contributed by atoms with Crippen LogP contribution >= 0.6 is 23.2 Å². The van der Waals surface area contributed by atoms with E-state index in [1.807, 2.05) is 19.1 Å². The van der Waals surface area contributed by atoms with Crippen LogP contribution in [0.5, 0.6) is 0 Å². The van der Waals surface area contributed by atoms with Crippen molar-refractivity contribution >= 4 is 35.1 Å². The molecular formula is C17H13Cl2FN4. The monoisotopic (exact) mass is 362 g/mol. The van der Waals surface area contributed by atoms with Gasteiger partial charge in [-0.3, -0.25) is 5.43 Å². The summed E-state index contributed by atoms with van der Waals surface area (Å²) in [7, 11) is 0. The number of hydrogen-bond acceptors (Lipinski definition) is 3. The molecule has 0 saturated heterocycles. The lowest BCUT2D eigenvalue weighted by atomic mass is 10.3. The Balaban J connectivity index is 1.82. The second kappa shape index (κ2) is 7.03. The van der Waals surface area contributed by atoms with Gasteiger partial charge in [0.05, 0.1) is 28.8 Å². The molecule has 0 radical (unpaired) electrons. The fourth-order valence-corrected chi connectivity index (χ4v) is 2.55. The van der Waals surface area contributed by atoms with Gasteiger partial charge in [-0.25, -0.2) is 9.07 Å². The van der Waals surface area contributed by atoms with E-state index in [0.717, 1.165) is 5.69 Å². The van der Waals surface area contributed by atoms with Crippen molar-refractivity contribution in [2.24, 2.45) is 5.10 Å². The second-order valence-corrected chi connectivity index (χ2v) is 5.85. The van der Waals surface area contributed by atoms with Crippen LogP contribution in [0.15, 0.2) is 53.6 Å². The molecule has 4 nitrogen and oxygen atoms in total. The van der Waals surface area contributed by atoms with Crippen LogP contribution in [-0.4, -0.2) is 16.0 Å². The molecule has 0 aliphatic heterocycles. The summed E-state index contributed by atoms with van der Waals surface area (Å²) in [5, 5.41) is 9.60. The highest BCUT2D eigenvalue weighted by atomic mass is 35.5. The van der Waals surface area contributed by atoms with E-state index >= 15 is 0 Å². The average Bonchev–Trinajstić information content (AvgIpc) is 2.85. The Labute approximate surface area is 148 Å². The van der Waals surface area contributed by atoms with Crippen molar-refractivity contribution in [3.05, 3.63) is 75.8 Å². The van der Waals surface area contributed by atoms with E-state index in [2.05, 4.69) is 15.6 Å². The minimum atomic E-state index is -0.312. The Hall–Kier alpha value is -2.37. The molecule has 0 spiro atoms. The number of benzene rings is 2. The van der Waals surface area contributed by atoms with Crippen molar-refractivity contribution in [2.75, 3.05) is 5.43 Å². The maximum Gasteiger partial charge on any atom is 0.142 e. The predicted molar refractivity (Wildman–Crippen MR) is 95.9 cm³/mol. The van der Waals surface area contributed by atoms with E-state index in [1.165, 1.54) is 12.1 Å². The average molecular weight is 363 g/mol. The van der Waals surface area contributed by atoms with Crippen molar-refractivity contribution in [3.63, 3.8) is 0 Å². The van der Waals surface area contributed by atoms with E-state index in [0.29, 0.717) is 27.1 Å². The van der Waals surface area contributed by atoms with E-state index < -0.39 is 0 Å². The first-order chi connectivity index (χ1) is 11.5. The summed E-state index contributed by atoms with van der Waals surface area (Å²) in [5.74, 6) is -0.312. The van der Waals surface area contributed by atoms with Crippen LogP contribution in [0.2, 0.25) is 10.2 Å². The summed E-state index contributed by atoms with van der Waals surface area (Å²) in [4.78, 5) is 0. The zero-order valence-electron chi connectivity index (χ0n) is 12.7. The molecule has 0 amide bonds. The molecule has 24 heavy (non-hydrogen) atoms. The lowest BCUT2D eigenvalue weighted by Crippen LogP contribution is -1.97. The molecule has 1 aromatic heterocycles. The molecule has 0 saturated carbocycles.